The quantitative estimate of drug-likeness (QED) is 0.610. The number of hydrogen-bond acceptors (Lipinski definition) is 3. The first-order chi connectivity index (χ1) is 9.31. The number of unbranched alkanes of at least 4 members (excludes halogenated alkanes) is 3. The Balaban J connectivity index is 1.93. The highest BCUT2D eigenvalue weighted by molar-refractivity contribution is 5.99. The van der Waals surface area contributed by atoms with Gasteiger partial charge in [-0.2, -0.15) is 0 Å². The zero-order valence-corrected chi connectivity index (χ0v) is 11.1. The van der Waals surface area contributed by atoms with Crippen molar-refractivity contribution in [3.63, 3.8) is 0 Å². The maximum absolute atomic E-state index is 12.1. The van der Waals surface area contributed by atoms with Crippen molar-refractivity contribution in [2.75, 3.05) is 6.54 Å². The second kappa shape index (κ2) is 7.00. The minimum atomic E-state index is 0.209. The van der Waals surface area contributed by atoms with Crippen LogP contribution < -0.4 is 5.73 Å². The van der Waals surface area contributed by atoms with Gasteiger partial charge in [-0.05, 0) is 31.5 Å². The molecule has 100 valence electrons. The van der Waals surface area contributed by atoms with E-state index >= 15 is 0 Å². The topological polar surface area (TPSA) is 56.0 Å². The van der Waals surface area contributed by atoms with Crippen LogP contribution in [0.15, 0.2) is 36.5 Å². The van der Waals surface area contributed by atoms with E-state index in [1.807, 2.05) is 30.3 Å². The smallest absolute Gasteiger partial charge is 0.162 e. The maximum atomic E-state index is 12.1. The van der Waals surface area contributed by atoms with E-state index in [1.165, 1.54) is 0 Å². The number of carbonyl (C=O) groups is 1. The van der Waals surface area contributed by atoms with Gasteiger partial charge in [-0.1, -0.05) is 31.0 Å². The largest absolute Gasteiger partial charge is 0.330 e. The molecule has 0 amide bonds. The number of rotatable bonds is 7. The zero-order valence-electron chi connectivity index (χ0n) is 11.1. The molecule has 0 aliphatic rings. The van der Waals surface area contributed by atoms with E-state index in [2.05, 4.69) is 4.98 Å². The number of Topliss-reactive ketones (excluding diaryl/α,β-unsaturated/α-hetero) is 1. The molecule has 2 aromatic rings. The van der Waals surface area contributed by atoms with Gasteiger partial charge in [0.25, 0.3) is 0 Å². The third-order valence-corrected chi connectivity index (χ3v) is 3.29. The lowest BCUT2D eigenvalue weighted by molar-refractivity contribution is 0.0979. The highest BCUT2D eigenvalue weighted by atomic mass is 16.1. The first-order valence-electron chi connectivity index (χ1n) is 6.89. The average molecular weight is 256 g/mol. The summed E-state index contributed by atoms with van der Waals surface area (Å²) in [6.07, 6.45) is 6.55. The number of ketones is 1. The molecule has 0 aliphatic carbocycles. The lowest BCUT2D eigenvalue weighted by atomic mass is 10.0. The minimum absolute atomic E-state index is 0.209. The van der Waals surface area contributed by atoms with Crippen LogP contribution in [0.4, 0.5) is 0 Å². The maximum Gasteiger partial charge on any atom is 0.162 e. The normalized spacial score (nSPS) is 10.8. The van der Waals surface area contributed by atoms with Crippen molar-refractivity contribution in [1.29, 1.82) is 0 Å². The first kappa shape index (κ1) is 13.7. The molecule has 0 saturated heterocycles. The molecule has 0 unspecified atom stereocenters. The van der Waals surface area contributed by atoms with Crippen molar-refractivity contribution < 1.29 is 4.79 Å². The first-order valence-corrected chi connectivity index (χ1v) is 6.89. The highest BCUT2D eigenvalue weighted by Gasteiger charge is 2.06. The van der Waals surface area contributed by atoms with Crippen molar-refractivity contribution in [2.45, 2.75) is 32.1 Å². The molecular weight excluding hydrogens is 236 g/mol. The zero-order chi connectivity index (χ0) is 13.5. The molecule has 0 fully saturated rings. The van der Waals surface area contributed by atoms with Crippen molar-refractivity contribution >= 4 is 16.7 Å². The number of nitrogens with two attached hydrogens (primary N) is 1. The summed E-state index contributed by atoms with van der Waals surface area (Å²) in [5.41, 5.74) is 7.09. The van der Waals surface area contributed by atoms with E-state index in [1.54, 1.807) is 6.20 Å². The number of carbonyl (C=O) groups excluding carboxylic acids is 1. The molecule has 1 heterocycles. The van der Waals surface area contributed by atoms with E-state index in [-0.39, 0.29) is 5.78 Å². The van der Waals surface area contributed by atoms with Gasteiger partial charge < -0.3 is 5.73 Å². The SMILES string of the molecule is NCCCCCCC(=O)c1ccc2cccnc2c1. The molecule has 0 spiro atoms. The van der Waals surface area contributed by atoms with E-state index in [4.69, 9.17) is 5.73 Å². The minimum Gasteiger partial charge on any atom is -0.330 e. The van der Waals surface area contributed by atoms with Gasteiger partial charge in [-0.15, -0.1) is 0 Å². The summed E-state index contributed by atoms with van der Waals surface area (Å²) < 4.78 is 0. The molecule has 19 heavy (non-hydrogen) atoms. The number of pyridine rings is 1. The molecule has 3 nitrogen and oxygen atoms in total. The van der Waals surface area contributed by atoms with E-state index in [9.17, 15) is 4.79 Å². The Bertz CT molecular complexity index is 551. The standard InChI is InChI=1S/C16H20N2O/c17-10-4-2-1-3-7-16(19)14-9-8-13-6-5-11-18-15(13)12-14/h5-6,8-9,11-12H,1-4,7,10,17H2. The molecule has 0 atom stereocenters. The summed E-state index contributed by atoms with van der Waals surface area (Å²) in [6, 6.07) is 9.65. The number of nitrogens with zero attached hydrogens (tertiary/aromatic N) is 1. The van der Waals surface area contributed by atoms with Gasteiger partial charge in [-0.3, -0.25) is 9.78 Å². The second-order valence-electron chi connectivity index (χ2n) is 4.79. The van der Waals surface area contributed by atoms with Gasteiger partial charge in [0.2, 0.25) is 0 Å². The van der Waals surface area contributed by atoms with Crippen LogP contribution in [-0.4, -0.2) is 17.3 Å². The fourth-order valence-corrected chi connectivity index (χ4v) is 2.17. The molecule has 0 radical (unpaired) electrons. The van der Waals surface area contributed by atoms with Crippen LogP contribution in [-0.2, 0) is 0 Å². The number of hydrogen-bond donors (Lipinski definition) is 1. The van der Waals surface area contributed by atoms with Crippen molar-refractivity contribution in [2.24, 2.45) is 5.73 Å². The van der Waals surface area contributed by atoms with Gasteiger partial charge in [-0.25, -0.2) is 0 Å². The van der Waals surface area contributed by atoms with Crippen LogP contribution in [0.1, 0.15) is 42.5 Å². The molecule has 1 aromatic heterocycles. The van der Waals surface area contributed by atoms with Crippen molar-refractivity contribution in [3.05, 3.63) is 42.1 Å². The summed E-state index contributed by atoms with van der Waals surface area (Å²) >= 11 is 0. The summed E-state index contributed by atoms with van der Waals surface area (Å²) in [7, 11) is 0. The van der Waals surface area contributed by atoms with Crippen LogP contribution in [0.25, 0.3) is 10.9 Å². The Hall–Kier alpha value is -1.74. The predicted octanol–water partition coefficient (Wildman–Crippen LogP) is 3.33. The van der Waals surface area contributed by atoms with Crippen molar-refractivity contribution in [3.8, 4) is 0 Å². The Labute approximate surface area is 113 Å². The molecule has 0 saturated carbocycles. The highest BCUT2D eigenvalue weighted by Crippen LogP contribution is 2.15. The van der Waals surface area contributed by atoms with Crippen LogP contribution in [0.3, 0.4) is 0 Å². The molecular formula is C16H20N2O. The Morgan fingerprint density at radius 1 is 1.11 bits per heavy atom. The summed E-state index contributed by atoms with van der Waals surface area (Å²) in [5.74, 6) is 0.209. The molecule has 0 bridgehead atoms. The second-order valence-corrected chi connectivity index (χ2v) is 4.79. The van der Waals surface area contributed by atoms with E-state index in [0.29, 0.717) is 6.42 Å². The Kier molecular flexibility index (Phi) is 5.04. The molecule has 1 aromatic carbocycles. The lowest BCUT2D eigenvalue weighted by Crippen LogP contribution is -2.00. The van der Waals surface area contributed by atoms with Gasteiger partial charge >= 0.3 is 0 Å². The summed E-state index contributed by atoms with van der Waals surface area (Å²) in [5, 5.41) is 1.07. The molecule has 3 heteroatoms. The molecule has 2 rings (SSSR count). The van der Waals surface area contributed by atoms with E-state index in [0.717, 1.165) is 48.7 Å². The van der Waals surface area contributed by atoms with Crippen LogP contribution in [0.5, 0.6) is 0 Å². The van der Waals surface area contributed by atoms with Crippen LogP contribution in [0, 0.1) is 0 Å². The summed E-state index contributed by atoms with van der Waals surface area (Å²) in [4.78, 5) is 16.3. The third-order valence-electron chi connectivity index (χ3n) is 3.29. The lowest BCUT2D eigenvalue weighted by Gasteiger charge is -2.03. The third kappa shape index (κ3) is 3.86. The number of fused-ring (bicyclic) bond motifs is 1. The van der Waals surface area contributed by atoms with Crippen LogP contribution in [0.2, 0.25) is 0 Å². The van der Waals surface area contributed by atoms with Crippen molar-refractivity contribution in [1.82, 2.24) is 4.98 Å². The Morgan fingerprint density at radius 2 is 1.95 bits per heavy atom. The number of aromatic nitrogens is 1. The van der Waals surface area contributed by atoms with E-state index < -0.39 is 0 Å². The monoisotopic (exact) mass is 256 g/mol. The van der Waals surface area contributed by atoms with Gasteiger partial charge in [0.1, 0.15) is 0 Å². The average Bonchev–Trinajstić information content (AvgIpc) is 2.46. The van der Waals surface area contributed by atoms with Gasteiger partial charge in [0.05, 0.1) is 5.52 Å². The number of benzene rings is 1. The predicted molar refractivity (Wildman–Crippen MR) is 78.2 cm³/mol. The summed E-state index contributed by atoms with van der Waals surface area (Å²) in [6.45, 7) is 0.740. The van der Waals surface area contributed by atoms with Gasteiger partial charge in [0, 0.05) is 23.6 Å². The fourth-order valence-electron chi connectivity index (χ4n) is 2.17. The van der Waals surface area contributed by atoms with Gasteiger partial charge in [0.15, 0.2) is 5.78 Å². The molecule has 2 N–H and O–H groups in total. The fraction of sp³-hybridized carbons (Fsp3) is 0.375. The Morgan fingerprint density at radius 3 is 2.79 bits per heavy atom. The molecule has 0 aliphatic heterocycles. The van der Waals surface area contributed by atoms with Crippen LogP contribution >= 0.6 is 0 Å².